The van der Waals surface area contributed by atoms with E-state index in [1.165, 1.54) is 17.7 Å². The van der Waals surface area contributed by atoms with Crippen LogP contribution in [-0.4, -0.2) is 40.9 Å². The molecule has 0 spiro atoms. The largest absolute Gasteiger partial charge is 0.371 e. The molecular formula is C17H22FN3O. The molecule has 118 valence electrons. The number of benzene rings is 1. The summed E-state index contributed by atoms with van der Waals surface area (Å²) in [6.07, 6.45) is 3.97. The zero-order valence-corrected chi connectivity index (χ0v) is 13.1. The number of hydrogen-bond donors (Lipinski definition) is 0. The van der Waals surface area contributed by atoms with Gasteiger partial charge in [-0.3, -0.25) is 9.58 Å². The predicted octanol–water partition coefficient (Wildman–Crippen LogP) is 2.74. The standard InChI is InChI=1S/C17H22FN3O/c1-13(14-3-5-16(18)6-4-14)10-21-7-8-22-17(12-21)15-9-19-20(2)11-15/h3-6,9,11,13,17H,7-8,10,12H2,1-2H3. The van der Waals surface area contributed by atoms with Crippen molar-refractivity contribution in [3.05, 3.63) is 53.6 Å². The van der Waals surface area contributed by atoms with Gasteiger partial charge in [0.25, 0.3) is 0 Å². The van der Waals surface area contributed by atoms with Crippen molar-refractivity contribution in [1.29, 1.82) is 0 Å². The molecule has 4 nitrogen and oxygen atoms in total. The van der Waals surface area contributed by atoms with Crippen LogP contribution in [0.1, 0.15) is 30.1 Å². The van der Waals surface area contributed by atoms with E-state index in [1.807, 2.05) is 31.6 Å². The first kappa shape index (κ1) is 15.2. The summed E-state index contributed by atoms with van der Waals surface area (Å²) < 4.78 is 20.7. The number of hydrogen-bond acceptors (Lipinski definition) is 3. The van der Waals surface area contributed by atoms with Gasteiger partial charge in [-0.1, -0.05) is 19.1 Å². The van der Waals surface area contributed by atoms with Gasteiger partial charge in [0.05, 0.1) is 18.9 Å². The van der Waals surface area contributed by atoms with Gasteiger partial charge in [0.15, 0.2) is 0 Å². The highest BCUT2D eigenvalue weighted by molar-refractivity contribution is 5.20. The molecule has 2 heterocycles. The molecule has 3 rings (SSSR count). The molecule has 0 aliphatic carbocycles. The number of ether oxygens (including phenoxy) is 1. The molecule has 5 heteroatoms. The highest BCUT2D eigenvalue weighted by Crippen LogP contribution is 2.24. The molecule has 1 aliphatic heterocycles. The fourth-order valence-corrected chi connectivity index (χ4v) is 2.96. The van der Waals surface area contributed by atoms with Gasteiger partial charge >= 0.3 is 0 Å². The lowest BCUT2D eigenvalue weighted by Gasteiger charge is -2.34. The van der Waals surface area contributed by atoms with Gasteiger partial charge in [0, 0.05) is 38.4 Å². The maximum Gasteiger partial charge on any atom is 0.123 e. The van der Waals surface area contributed by atoms with Gasteiger partial charge in [-0.25, -0.2) is 4.39 Å². The lowest BCUT2D eigenvalue weighted by Crippen LogP contribution is -2.40. The summed E-state index contributed by atoms with van der Waals surface area (Å²) in [7, 11) is 1.92. The first-order valence-electron chi connectivity index (χ1n) is 7.70. The number of halogens is 1. The average Bonchev–Trinajstić information content (AvgIpc) is 2.95. The molecule has 0 saturated carbocycles. The molecule has 0 amide bonds. The van der Waals surface area contributed by atoms with Crippen LogP contribution < -0.4 is 0 Å². The summed E-state index contributed by atoms with van der Waals surface area (Å²) in [5.41, 5.74) is 2.30. The van der Waals surface area contributed by atoms with Crippen molar-refractivity contribution in [2.45, 2.75) is 18.9 Å². The van der Waals surface area contributed by atoms with Crippen LogP contribution in [0.3, 0.4) is 0 Å². The number of aryl methyl sites for hydroxylation is 1. The van der Waals surface area contributed by atoms with Crippen molar-refractivity contribution in [2.75, 3.05) is 26.2 Å². The summed E-state index contributed by atoms with van der Waals surface area (Å²) in [5.74, 6) is 0.187. The predicted molar refractivity (Wildman–Crippen MR) is 83.2 cm³/mol. The number of morpholine rings is 1. The van der Waals surface area contributed by atoms with Gasteiger partial charge in [-0.15, -0.1) is 0 Å². The van der Waals surface area contributed by atoms with E-state index in [4.69, 9.17) is 4.74 Å². The second-order valence-corrected chi connectivity index (χ2v) is 6.02. The van der Waals surface area contributed by atoms with Crippen LogP contribution in [0, 0.1) is 5.82 Å². The van der Waals surface area contributed by atoms with Gasteiger partial charge in [0.1, 0.15) is 5.82 Å². The van der Waals surface area contributed by atoms with Crippen molar-refractivity contribution in [2.24, 2.45) is 7.05 Å². The van der Waals surface area contributed by atoms with Crippen LogP contribution in [0.15, 0.2) is 36.7 Å². The van der Waals surface area contributed by atoms with E-state index in [-0.39, 0.29) is 11.9 Å². The third-order valence-corrected chi connectivity index (χ3v) is 4.22. The van der Waals surface area contributed by atoms with Crippen LogP contribution >= 0.6 is 0 Å². The zero-order valence-electron chi connectivity index (χ0n) is 13.1. The second-order valence-electron chi connectivity index (χ2n) is 6.02. The number of aromatic nitrogens is 2. The summed E-state index contributed by atoms with van der Waals surface area (Å²) in [4.78, 5) is 2.41. The summed E-state index contributed by atoms with van der Waals surface area (Å²) in [5, 5.41) is 4.22. The fraction of sp³-hybridized carbons (Fsp3) is 0.471. The minimum Gasteiger partial charge on any atom is -0.371 e. The van der Waals surface area contributed by atoms with Crippen molar-refractivity contribution in [3.63, 3.8) is 0 Å². The van der Waals surface area contributed by atoms with E-state index in [2.05, 4.69) is 16.9 Å². The summed E-state index contributed by atoms with van der Waals surface area (Å²) >= 11 is 0. The molecule has 0 bridgehead atoms. The van der Waals surface area contributed by atoms with E-state index in [9.17, 15) is 4.39 Å². The Morgan fingerprint density at radius 1 is 1.36 bits per heavy atom. The topological polar surface area (TPSA) is 30.3 Å². The lowest BCUT2D eigenvalue weighted by atomic mass is 10.00. The Morgan fingerprint density at radius 3 is 2.82 bits per heavy atom. The Hall–Kier alpha value is -1.72. The Kier molecular flexibility index (Phi) is 4.55. The molecule has 2 unspecified atom stereocenters. The molecule has 1 aromatic heterocycles. The normalized spacial score (nSPS) is 21.0. The average molecular weight is 303 g/mol. The molecule has 1 aromatic carbocycles. The minimum absolute atomic E-state index is 0.0860. The first-order chi connectivity index (χ1) is 10.6. The highest BCUT2D eigenvalue weighted by atomic mass is 19.1. The second kappa shape index (κ2) is 6.58. The molecule has 1 saturated heterocycles. The van der Waals surface area contributed by atoms with Gasteiger partial charge < -0.3 is 4.74 Å². The quantitative estimate of drug-likeness (QED) is 0.870. The van der Waals surface area contributed by atoms with Crippen molar-refractivity contribution in [1.82, 2.24) is 14.7 Å². The van der Waals surface area contributed by atoms with Crippen molar-refractivity contribution in [3.8, 4) is 0 Å². The smallest absolute Gasteiger partial charge is 0.123 e. The van der Waals surface area contributed by atoms with Crippen LogP contribution in [0.2, 0.25) is 0 Å². The third-order valence-electron chi connectivity index (χ3n) is 4.22. The van der Waals surface area contributed by atoms with Gasteiger partial charge in [-0.05, 0) is 23.6 Å². The monoisotopic (exact) mass is 303 g/mol. The Bertz CT molecular complexity index is 611. The van der Waals surface area contributed by atoms with Crippen LogP contribution in [0.25, 0.3) is 0 Å². The van der Waals surface area contributed by atoms with Crippen LogP contribution in [-0.2, 0) is 11.8 Å². The molecule has 22 heavy (non-hydrogen) atoms. The first-order valence-corrected chi connectivity index (χ1v) is 7.70. The Balaban J connectivity index is 1.61. The molecule has 1 aliphatic rings. The van der Waals surface area contributed by atoms with Crippen molar-refractivity contribution < 1.29 is 9.13 Å². The SMILES string of the molecule is CC(CN1CCOC(c2cnn(C)c2)C1)c1ccc(F)cc1. The number of nitrogens with zero attached hydrogens (tertiary/aromatic N) is 3. The fourth-order valence-electron chi connectivity index (χ4n) is 2.96. The van der Waals surface area contributed by atoms with E-state index in [1.54, 1.807) is 4.68 Å². The van der Waals surface area contributed by atoms with E-state index >= 15 is 0 Å². The molecule has 0 N–H and O–H groups in total. The minimum atomic E-state index is -0.182. The molecule has 0 radical (unpaired) electrons. The maximum absolute atomic E-state index is 13.0. The maximum atomic E-state index is 13.0. The summed E-state index contributed by atoms with van der Waals surface area (Å²) in [6, 6.07) is 6.81. The summed E-state index contributed by atoms with van der Waals surface area (Å²) in [6.45, 7) is 5.67. The van der Waals surface area contributed by atoms with E-state index in [0.29, 0.717) is 5.92 Å². The third kappa shape index (κ3) is 3.54. The molecular weight excluding hydrogens is 281 g/mol. The molecule has 2 aromatic rings. The van der Waals surface area contributed by atoms with E-state index < -0.39 is 0 Å². The zero-order chi connectivity index (χ0) is 15.5. The Labute approximate surface area is 130 Å². The lowest BCUT2D eigenvalue weighted by molar-refractivity contribution is -0.0313. The van der Waals surface area contributed by atoms with Gasteiger partial charge in [0.2, 0.25) is 0 Å². The van der Waals surface area contributed by atoms with Crippen LogP contribution in [0.4, 0.5) is 4.39 Å². The molecule has 2 atom stereocenters. The van der Waals surface area contributed by atoms with Crippen molar-refractivity contribution >= 4 is 0 Å². The van der Waals surface area contributed by atoms with Crippen LogP contribution in [0.5, 0.6) is 0 Å². The Morgan fingerprint density at radius 2 is 2.14 bits per heavy atom. The number of rotatable bonds is 4. The highest BCUT2D eigenvalue weighted by Gasteiger charge is 2.24. The van der Waals surface area contributed by atoms with E-state index in [0.717, 1.165) is 31.8 Å². The van der Waals surface area contributed by atoms with Gasteiger partial charge in [-0.2, -0.15) is 5.10 Å². The molecule has 1 fully saturated rings.